The van der Waals surface area contributed by atoms with E-state index in [-0.39, 0.29) is 9.92 Å². The van der Waals surface area contributed by atoms with Gasteiger partial charge < -0.3 is 15.4 Å². The lowest BCUT2D eigenvalue weighted by atomic mass is 10.1. The maximum atomic E-state index is 12.9. The highest BCUT2D eigenvalue weighted by Crippen LogP contribution is 2.28. The van der Waals surface area contributed by atoms with Gasteiger partial charge in [-0.25, -0.2) is 8.42 Å². The molecule has 0 spiro atoms. The molecule has 1 aliphatic heterocycles. The molecule has 1 fully saturated rings. The highest BCUT2D eigenvalue weighted by atomic mass is 35.5. The van der Waals surface area contributed by atoms with Crippen molar-refractivity contribution >= 4 is 50.3 Å². The molecule has 0 unspecified atom stereocenters. The number of benzene rings is 2. The van der Waals surface area contributed by atoms with Crippen LogP contribution in [0.4, 0.5) is 11.4 Å². The van der Waals surface area contributed by atoms with Crippen LogP contribution in [-0.2, 0) is 14.8 Å². The number of rotatable bonds is 4. The summed E-state index contributed by atoms with van der Waals surface area (Å²) in [5.41, 5.74) is 3.74. The molecule has 0 radical (unpaired) electrons. The third kappa shape index (κ3) is 4.82. The molecule has 1 heterocycles. The molecule has 2 aromatic carbocycles. The largest absolute Gasteiger partial charge is 0.379 e. The minimum atomic E-state index is -3.70. The minimum absolute atomic E-state index is 0.0510. The molecule has 3 rings (SSSR count). The Bertz CT molecular complexity index is 990. The summed E-state index contributed by atoms with van der Waals surface area (Å²) in [6.45, 7) is 5.43. The predicted molar refractivity (Wildman–Crippen MR) is 117 cm³/mol. The summed E-state index contributed by atoms with van der Waals surface area (Å²) in [5.74, 6) is 0. The van der Waals surface area contributed by atoms with Gasteiger partial charge in [-0.15, -0.1) is 0 Å². The van der Waals surface area contributed by atoms with E-state index in [0.29, 0.717) is 37.1 Å². The Balaban J connectivity index is 1.77. The van der Waals surface area contributed by atoms with Crippen LogP contribution in [0.5, 0.6) is 0 Å². The van der Waals surface area contributed by atoms with Crippen LogP contribution < -0.4 is 10.6 Å². The molecule has 2 N–H and O–H groups in total. The lowest BCUT2D eigenvalue weighted by Gasteiger charge is -2.26. The SMILES string of the molecule is Cc1ccc(NC(=S)Nc2ccc(Cl)c(S(=O)(=O)N3CCOCC3)c2)cc1C. The van der Waals surface area contributed by atoms with Crippen LogP contribution in [0.25, 0.3) is 0 Å². The fourth-order valence-electron chi connectivity index (χ4n) is 2.82. The van der Waals surface area contributed by atoms with E-state index in [9.17, 15) is 8.42 Å². The number of morpholine rings is 1. The molecule has 6 nitrogen and oxygen atoms in total. The molecule has 150 valence electrons. The van der Waals surface area contributed by atoms with Crippen LogP contribution in [0.1, 0.15) is 11.1 Å². The average Bonchev–Trinajstić information content (AvgIpc) is 2.67. The van der Waals surface area contributed by atoms with Crippen LogP contribution in [0.2, 0.25) is 5.02 Å². The highest BCUT2D eigenvalue weighted by Gasteiger charge is 2.28. The second-order valence-electron chi connectivity index (χ2n) is 6.54. The number of nitrogens with zero attached hydrogens (tertiary/aromatic N) is 1. The van der Waals surface area contributed by atoms with Crippen LogP contribution in [-0.4, -0.2) is 44.1 Å². The molecule has 0 amide bonds. The van der Waals surface area contributed by atoms with Crippen LogP contribution >= 0.6 is 23.8 Å². The molecule has 0 bridgehead atoms. The Morgan fingerprint density at radius 3 is 2.29 bits per heavy atom. The lowest BCUT2D eigenvalue weighted by Crippen LogP contribution is -2.40. The third-order valence-electron chi connectivity index (χ3n) is 4.54. The van der Waals surface area contributed by atoms with E-state index in [1.54, 1.807) is 12.1 Å². The van der Waals surface area contributed by atoms with Gasteiger partial charge in [-0.3, -0.25) is 0 Å². The van der Waals surface area contributed by atoms with E-state index in [1.807, 2.05) is 32.0 Å². The number of halogens is 1. The number of ether oxygens (including phenoxy) is 1. The zero-order chi connectivity index (χ0) is 20.3. The average molecular weight is 440 g/mol. The summed E-state index contributed by atoms with van der Waals surface area (Å²) in [7, 11) is -3.70. The Morgan fingerprint density at radius 2 is 1.64 bits per heavy atom. The Morgan fingerprint density at radius 1 is 1.04 bits per heavy atom. The minimum Gasteiger partial charge on any atom is -0.379 e. The first-order valence-corrected chi connectivity index (χ1v) is 11.0. The monoisotopic (exact) mass is 439 g/mol. The number of thiocarbonyl (C=S) groups is 1. The van der Waals surface area contributed by atoms with Crippen molar-refractivity contribution in [1.82, 2.24) is 4.31 Å². The summed E-state index contributed by atoms with van der Waals surface area (Å²) in [6, 6.07) is 10.7. The van der Waals surface area contributed by atoms with Crippen molar-refractivity contribution in [2.45, 2.75) is 18.7 Å². The van der Waals surface area contributed by atoms with Crippen molar-refractivity contribution in [3.05, 3.63) is 52.5 Å². The van der Waals surface area contributed by atoms with Gasteiger partial charge in [0.1, 0.15) is 4.90 Å². The predicted octanol–water partition coefficient (Wildman–Crippen LogP) is 3.79. The molecule has 0 saturated carbocycles. The highest BCUT2D eigenvalue weighted by molar-refractivity contribution is 7.89. The van der Waals surface area contributed by atoms with Crippen LogP contribution in [0.3, 0.4) is 0 Å². The second kappa shape index (κ2) is 8.75. The number of hydrogen-bond acceptors (Lipinski definition) is 4. The molecule has 1 aliphatic rings. The zero-order valence-electron chi connectivity index (χ0n) is 15.7. The first kappa shape index (κ1) is 21.0. The second-order valence-corrected chi connectivity index (χ2v) is 9.26. The van der Waals surface area contributed by atoms with Crippen molar-refractivity contribution in [3.63, 3.8) is 0 Å². The van der Waals surface area contributed by atoms with Crippen molar-refractivity contribution < 1.29 is 13.2 Å². The van der Waals surface area contributed by atoms with Gasteiger partial charge in [0.05, 0.1) is 18.2 Å². The van der Waals surface area contributed by atoms with Crippen molar-refractivity contribution in [2.75, 3.05) is 36.9 Å². The maximum Gasteiger partial charge on any atom is 0.244 e. The molecule has 0 atom stereocenters. The van der Waals surface area contributed by atoms with Gasteiger partial charge in [-0.1, -0.05) is 17.7 Å². The van der Waals surface area contributed by atoms with Gasteiger partial charge in [0, 0.05) is 24.5 Å². The van der Waals surface area contributed by atoms with E-state index in [0.717, 1.165) is 11.3 Å². The summed E-state index contributed by atoms with van der Waals surface area (Å²) >= 11 is 11.5. The summed E-state index contributed by atoms with van der Waals surface area (Å²) in [5, 5.41) is 6.66. The number of aryl methyl sites for hydroxylation is 2. The Hall–Kier alpha value is -1.71. The fourth-order valence-corrected chi connectivity index (χ4v) is 4.96. The van der Waals surface area contributed by atoms with E-state index in [2.05, 4.69) is 10.6 Å². The Labute approximate surface area is 175 Å². The lowest BCUT2D eigenvalue weighted by molar-refractivity contribution is 0.0730. The Kier molecular flexibility index (Phi) is 6.57. The van der Waals surface area contributed by atoms with Crippen LogP contribution in [0, 0.1) is 13.8 Å². The first-order chi connectivity index (χ1) is 13.3. The van der Waals surface area contributed by atoms with Crippen molar-refractivity contribution in [2.24, 2.45) is 0 Å². The normalized spacial score (nSPS) is 15.2. The van der Waals surface area contributed by atoms with E-state index in [1.165, 1.54) is 15.9 Å². The topological polar surface area (TPSA) is 70.7 Å². The maximum absolute atomic E-state index is 12.9. The molecule has 1 saturated heterocycles. The van der Waals surface area contributed by atoms with E-state index >= 15 is 0 Å². The number of anilines is 2. The van der Waals surface area contributed by atoms with E-state index < -0.39 is 10.0 Å². The molecule has 0 aliphatic carbocycles. The number of nitrogens with one attached hydrogen (secondary N) is 2. The first-order valence-electron chi connectivity index (χ1n) is 8.80. The van der Waals surface area contributed by atoms with Gasteiger partial charge in [0.2, 0.25) is 10.0 Å². The third-order valence-corrected chi connectivity index (χ3v) is 7.13. The van der Waals surface area contributed by atoms with Gasteiger partial charge in [-0.2, -0.15) is 4.31 Å². The molecule has 9 heteroatoms. The number of sulfonamides is 1. The standard InChI is InChI=1S/C19H22ClN3O3S2/c1-13-3-4-15(11-14(13)2)21-19(27)22-16-5-6-17(20)18(12-16)28(24,25)23-7-9-26-10-8-23/h3-6,11-12H,7-10H2,1-2H3,(H2,21,22,27). The van der Waals surface area contributed by atoms with E-state index in [4.69, 9.17) is 28.6 Å². The van der Waals surface area contributed by atoms with Crippen molar-refractivity contribution in [3.8, 4) is 0 Å². The van der Waals surface area contributed by atoms with Crippen LogP contribution in [0.15, 0.2) is 41.3 Å². The molecular weight excluding hydrogens is 418 g/mol. The molecule has 28 heavy (non-hydrogen) atoms. The summed E-state index contributed by atoms with van der Waals surface area (Å²) < 4.78 is 32.4. The van der Waals surface area contributed by atoms with Gasteiger partial charge in [0.25, 0.3) is 0 Å². The van der Waals surface area contributed by atoms with Gasteiger partial charge in [0.15, 0.2) is 5.11 Å². The molecule has 0 aromatic heterocycles. The number of hydrogen-bond donors (Lipinski definition) is 2. The summed E-state index contributed by atoms with van der Waals surface area (Å²) in [4.78, 5) is 0.0510. The zero-order valence-corrected chi connectivity index (χ0v) is 18.0. The smallest absolute Gasteiger partial charge is 0.244 e. The summed E-state index contributed by atoms with van der Waals surface area (Å²) in [6.07, 6.45) is 0. The van der Waals surface area contributed by atoms with Gasteiger partial charge in [-0.05, 0) is 67.5 Å². The van der Waals surface area contributed by atoms with Gasteiger partial charge >= 0.3 is 0 Å². The molecule has 2 aromatic rings. The molecular formula is C19H22ClN3O3S2. The fraction of sp³-hybridized carbons (Fsp3) is 0.316. The van der Waals surface area contributed by atoms with Crippen molar-refractivity contribution in [1.29, 1.82) is 0 Å². The quantitative estimate of drug-likeness (QED) is 0.706.